The quantitative estimate of drug-likeness (QED) is 0.486. The van der Waals surface area contributed by atoms with Gasteiger partial charge in [-0.2, -0.15) is 0 Å². The summed E-state index contributed by atoms with van der Waals surface area (Å²) in [6.07, 6.45) is 0. The molecule has 0 amide bonds. The zero-order chi connectivity index (χ0) is 11.0. The second-order valence-electron chi connectivity index (χ2n) is 4.49. The Bertz CT molecular complexity index is 262. The van der Waals surface area contributed by atoms with Crippen LogP contribution < -0.4 is 5.32 Å². The molecule has 0 aliphatic carbocycles. The van der Waals surface area contributed by atoms with E-state index < -0.39 is 23.0 Å². The highest BCUT2D eigenvalue weighted by molar-refractivity contribution is 6.01. The summed E-state index contributed by atoms with van der Waals surface area (Å²) in [6.45, 7) is 5.44. The van der Waals surface area contributed by atoms with Gasteiger partial charge in [-0.3, -0.25) is 9.59 Å². The monoisotopic (exact) mass is 201 g/mol. The summed E-state index contributed by atoms with van der Waals surface area (Å²) in [6, 6.07) is 0. The Labute approximate surface area is 82.4 Å². The zero-order valence-corrected chi connectivity index (χ0v) is 8.59. The van der Waals surface area contributed by atoms with E-state index in [9.17, 15) is 9.59 Å². The predicted octanol–water partition coefficient (Wildman–Crippen LogP) is 0.00230. The Morgan fingerprint density at radius 1 is 1.36 bits per heavy atom. The van der Waals surface area contributed by atoms with Gasteiger partial charge in [-0.05, 0) is 20.8 Å². The van der Waals surface area contributed by atoms with E-state index in [1.54, 1.807) is 20.8 Å². The van der Waals surface area contributed by atoms with Gasteiger partial charge < -0.3 is 15.2 Å². The summed E-state index contributed by atoms with van der Waals surface area (Å²) in [5.74, 6) is -1.78. The van der Waals surface area contributed by atoms with Gasteiger partial charge in [0.15, 0.2) is 5.41 Å². The molecule has 0 bridgehead atoms. The van der Waals surface area contributed by atoms with Crippen molar-refractivity contribution in [1.82, 2.24) is 5.32 Å². The van der Waals surface area contributed by atoms with Crippen LogP contribution >= 0.6 is 0 Å². The molecular formula is C9H15NO4. The van der Waals surface area contributed by atoms with Gasteiger partial charge in [0.05, 0.1) is 0 Å². The van der Waals surface area contributed by atoms with E-state index in [2.05, 4.69) is 5.32 Å². The van der Waals surface area contributed by atoms with Crippen LogP contribution in [0.4, 0.5) is 0 Å². The topological polar surface area (TPSA) is 75.6 Å². The Balaban J connectivity index is 2.72. The molecule has 1 aliphatic rings. The minimum absolute atomic E-state index is 0.150. The van der Waals surface area contributed by atoms with Crippen LogP contribution in [0.5, 0.6) is 0 Å². The largest absolute Gasteiger partial charge is 0.480 e. The molecule has 0 saturated carbocycles. The molecule has 0 radical (unpaired) electrons. The highest BCUT2D eigenvalue weighted by Gasteiger charge is 2.53. The second-order valence-corrected chi connectivity index (χ2v) is 4.49. The minimum Gasteiger partial charge on any atom is -0.480 e. The van der Waals surface area contributed by atoms with Crippen LogP contribution in [0.1, 0.15) is 20.8 Å². The van der Waals surface area contributed by atoms with Crippen molar-refractivity contribution in [1.29, 1.82) is 0 Å². The van der Waals surface area contributed by atoms with Gasteiger partial charge in [-0.1, -0.05) is 0 Å². The molecule has 80 valence electrons. The van der Waals surface area contributed by atoms with Crippen LogP contribution in [0.15, 0.2) is 0 Å². The number of esters is 1. The molecule has 0 spiro atoms. The number of carboxylic acid groups (broad SMARTS) is 1. The van der Waals surface area contributed by atoms with E-state index in [1.807, 2.05) is 0 Å². The Hall–Kier alpha value is -1.10. The normalized spacial score (nSPS) is 19.6. The first kappa shape index (κ1) is 11.0. The number of rotatable bonds is 2. The summed E-state index contributed by atoms with van der Waals surface area (Å²) >= 11 is 0. The lowest BCUT2D eigenvalue weighted by atomic mass is 9.82. The van der Waals surface area contributed by atoms with Crippen molar-refractivity contribution in [2.75, 3.05) is 13.1 Å². The number of aliphatic carboxylic acids is 1. The Morgan fingerprint density at radius 3 is 2.07 bits per heavy atom. The van der Waals surface area contributed by atoms with Crippen molar-refractivity contribution in [2.45, 2.75) is 26.4 Å². The van der Waals surface area contributed by atoms with Crippen LogP contribution in [-0.2, 0) is 14.3 Å². The third kappa shape index (κ3) is 1.87. The molecule has 0 unspecified atom stereocenters. The zero-order valence-electron chi connectivity index (χ0n) is 8.59. The standard InChI is InChI=1S/C9H15NO4/c1-8(2,3)14-7(13)9(6(11)12)4-10-5-9/h10H,4-5H2,1-3H3,(H,11,12). The fourth-order valence-corrected chi connectivity index (χ4v) is 1.13. The summed E-state index contributed by atoms with van der Waals surface area (Å²) in [5, 5.41) is 11.7. The maximum Gasteiger partial charge on any atom is 0.326 e. The van der Waals surface area contributed by atoms with E-state index in [1.165, 1.54) is 0 Å². The average molecular weight is 201 g/mol. The first-order valence-corrected chi connectivity index (χ1v) is 4.45. The number of carbonyl (C=O) groups is 2. The van der Waals surface area contributed by atoms with E-state index in [0.29, 0.717) is 0 Å². The molecule has 5 nitrogen and oxygen atoms in total. The lowest BCUT2D eigenvalue weighted by molar-refractivity contribution is -0.180. The third-order valence-electron chi connectivity index (χ3n) is 2.05. The molecule has 1 heterocycles. The second kappa shape index (κ2) is 3.24. The van der Waals surface area contributed by atoms with Crippen LogP contribution in [0.3, 0.4) is 0 Å². The highest BCUT2D eigenvalue weighted by Crippen LogP contribution is 2.27. The van der Waals surface area contributed by atoms with Gasteiger partial charge in [-0.25, -0.2) is 0 Å². The van der Waals surface area contributed by atoms with E-state index in [4.69, 9.17) is 9.84 Å². The maximum absolute atomic E-state index is 11.6. The van der Waals surface area contributed by atoms with Gasteiger partial charge in [0.2, 0.25) is 0 Å². The fraction of sp³-hybridized carbons (Fsp3) is 0.778. The summed E-state index contributed by atoms with van der Waals surface area (Å²) in [4.78, 5) is 22.5. The number of carboxylic acids is 1. The summed E-state index contributed by atoms with van der Waals surface area (Å²) in [5.41, 5.74) is -2.01. The maximum atomic E-state index is 11.6. The van der Waals surface area contributed by atoms with Crippen molar-refractivity contribution in [3.63, 3.8) is 0 Å². The number of hydrogen-bond acceptors (Lipinski definition) is 4. The molecule has 0 atom stereocenters. The SMILES string of the molecule is CC(C)(C)OC(=O)C1(C(=O)O)CNC1. The van der Waals surface area contributed by atoms with Crippen LogP contribution in [0.25, 0.3) is 0 Å². The smallest absolute Gasteiger partial charge is 0.326 e. The lowest BCUT2D eigenvalue weighted by Gasteiger charge is -2.37. The summed E-state index contributed by atoms with van der Waals surface area (Å²) < 4.78 is 5.05. The molecule has 1 aliphatic heterocycles. The fourth-order valence-electron chi connectivity index (χ4n) is 1.13. The van der Waals surface area contributed by atoms with E-state index >= 15 is 0 Å². The number of hydrogen-bond donors (Lipinski definition) is 2. The van der Waals surface area contributed by atoms with Crippen molar-refractivity contribution in [3.8, 4) is 0 Å². The van der Waals surface area contributed by atoms with Gasteiger partial charge in [0.25, 0.3) is 0 Å². The molecule has 5 heteroatoms. The lowest BCUT2D eigenvalue weighted by Crippen LogP contribution is -2.63. The Morgan fingerprint density at radius 2 is 1.86 bits per heavy atom. The third-order valence-corrected chi connectivity index (χ3v) is 2.05. The van der Waals surface area contributed by atoms with Gasteiger partial charge in [0, 0.05) is 13.1 Å². The van der Waals surface area contributed by atoms with Crippen molar-refractivity contribution >= 4 is 11.9 Å². The van der Waals surface area contributed by atoms with Crippen LogP contribution in [0.2, 0.25) is 0 Å². The number of ether oxygens (including phenoxy) is 1. The minimum atomic E-state index is -1.37. The molecule has 1 rings (SSSR count). The van der Waals surface area contributed by atoms with Gasteiger partial charge >= 0.3 is 11.9 Å². The number of nitrogens with one attached hydrogen (secondary N) is 1. The number of carbonyl (C=O) groups excluding carboxylic acids is 1. The molecule has 2 N–H and O–H groups in total. The average Bonchev–Trinajstić information content (AvgIpc) is 1.76. The Kier molecular flexibility index (Phi) is 2.54. The molecule has 0 aromatic rings. The van der Waals surface area contributed by atoms with Crippen LogP contribution in [-0.4, -0.2) is 35.7 Å². The molecule has 1 saturated heterocycles. The summed E-state index contributed by atoms with van der Waals surface area (Å²) in [7, 11) is 0. The van der Waals surface area contributed by atoms with Gasteiger partial charge in [0.1, 0.15) is 5.60 Å². The van der Waals surface area contributed by atoms with Crippen molar-refractivity contribution < 1.29 is 19.4 Å². The van der Waals surface area contributed by atoms with E-state index in [0.717, 1.165) is 0 Å². The van der Waals surface area contributed by atoms with Crippen molar-refractivity contribution in [3.05, 3.63) is 0 Å². The predicted molar refractivity (Wildman–Crippen MR) is 48.8 cm³/mol. The van der Waals surface area contributed by atoms with Crippen LogP contribution in [0, 0.1) is 5.41 Å². The highest BCUT2D eigenvalue weighted by atomic mass is 16.6. The van der Waals surface area contributed by atoms with Gasteiger partial charge in [-0.15, -0.1) is 0 Å². The molecule has 1 fully saturated rings. The van der Waals surface area contributed by atoms with E-state index in [-0.39, 0.29) is 13.1 Å². The first-order chi connectivity index (χ1) is 6.28. The molecule has 14 heavy (non-hydrogen) atoms. The van der Waals surface area contributed by atoms with Crippen molar-refractivity contribution in [2.24, 2.45) is 5.41 Å². The first-order valence-electron chi connectivity index (χ1n) is 4.45. The molecule has 0 aromatic heterocycles. The molecule has 0 aromatic carbocycles. The molecular weight excluding hydrogens is 186 g/mol.